The van der Waals surface area contributed by atoms with Crippen LogP contribution in [0.5, 0.6) is 0 Å². The molecule has 3 aliphatic rings. The lowest BCUT2D eigenvalue weighted by molar-refractivity contribution is 0.659. The van der Waals surface area contributed by atoms with Crippen LogP contribution >= 0.6 is 0 Å². The highest BCUT2D eigenvalue weighted by Gasteiger charge is 2.45. The van der Waals surface area contributed by atoms with E-state index in [2.05, 4.69) is 213 Å². The van der Waals surface area contributed by atoms with E-state index in [1.807, 2.05) is 0 Å². The zero-order valence-electron chi connectivity index (χ0n) is 33.4. The smallest absolute Gasteiger partial charge is 0.0891 e. The molecule has 2 heterocycles. The summed E-state index contributed by atoms with van der Waals surface area (Å²) in [6.45, 7) is 7.09. The van der Waals surface area contributed by atoms with Gasteiger partial charge in [0.15, 0.2) is 0 Å². The van der Waals surface area contributed by atoms with E-state index in [9.17, 15) is 0 Å². The highest BCUT2D eigenvalue weighted by molar-refractivity contribution is 6.03. The molecule has 0 saturated heterocycles. The Hall–Kier alpha value is -6.64. The Kier molecular flexibility index (Phi) is 8.05. The Morgan fingerprint density at radius 2 is 1.14 bits per heavy atom. The molecule has 8 aromatic rings. The van der Waals surface area contributed by atoms with Gasteiger partial charge in [-0.1, -0.05) is 155 Å². The average Bonchev–Trinajstić information content (AvgIpc) is 3.50. The molecule has 0 radical (unpaired) electrons. The second-order valence-corrected chi connectivity index (χ2v) is 16.7. The zero-order valence-corrected chi connectivity index (χ0v) is 33.4. The van der Waals surface area contributed by atoms with Crippen LogP contribution in [0.3, 0.4) is 0 Å². The first kappa shape index (κ1) is 34.6. The average molecular weight is 747 g/mol. The van der Waals surface area contributed by atoms with Crippen LogP contribution in [0.25, 0.3) is 44.5 Å². The molecule has 2 nitrogen and oxygen atoms in total. The lowest BCUT2D eigenvalue weighted by atomic mass is 9.76. The predicted molar refractivity (Wildman–Crippen MR) is 244 cm³/mol. The molecule has 2 aliphatic heterocycles. The number of nitrogens with zero attached hydrogens (tertiary/aromatic N) is 2. The number of hydrogen-bond acceptors (Lipinski definition) is 2. The fourth-order valence-corrected chi connectivity index (χ4v) is 10.2. The van der Waals surface area contributed by atoms with Crippen LogP contribution in [0.15, 0.2) is 182 Å². The van der Waals surface area contributed by atoms with Gasteiger partial charge >= 0.3 is 0 Å². The lowest BCUT2D eigenvalue weighted by Gasteiger charge is -2.48. The van der Waals surface area contributed by atoms with Gasteiger partial charge in [0.25, 0.3) is 0 Å². The van der Waals surface area contributed by atoms with Crippen LogP contribution < -0.4 is 9.80 Å². The maximum Gasteiger partial charge on any atom is 0.0891 e. The molecule has 1 aliphatic carbocycles. The highest BCUT2D eigenvalue weighted by atomic mass is 15.2. The van der Waals surface area contributed by atoms with E-state index in [1.54, 1.807) is 0 Å². The number of fused-ring (bicyclic) bond motifs is 7. The van der Waals surface area contributed by atoms with Gasteiger partial charge in [0, 0.05) is 39.0 Å². The molecule has 0 fully saturated rings. The van der Waals surface area contributed by atoms with E-state index in [0.717, 1.165) is 6.42 Å². The van der Waals surface area contributed by atoms with Crippen molar-refractivity contribution in [1.82, 2.24) is 0 Å². The number of anilines is 5. The lowest BCUT2D eigenvalue weighted by Crippen LogP contribution is -2.35. The van der Waals surface area contributed by atoms with Crippen LogP contribution in [0.2, 0.25) is 0 Å². The van der Waals surface area contributed by atoms with Crippen LogP contribution in [-0.2, 0) is 11.8 Å². The largest absolute Gasteiger partial charge is 0.329 e. The first-order chi connectivity index (χ1) is 28.5. The van der Waals surface area contributed by atoms with E-state index in [1.165, 1.54) is 114 Å². The van der Waals surface area contributed by atoms with Crippen molar-refractivity contribution in [1.29, 1.82) is 0 Å². The summed E-state index contributed by atoms with van der Waals surface area (Å²) in [5.74, 6) is 0. The van der Waals surface area contributed by atoms with Gasteiger partial charge in [-0.15, -0.1) is 0 Å². The van der Waals surface area contributed by atoms with Crippen LogP contribution in [0.1, 0.15) is 67.5 Å². The van der Waals surface area contributed by atoms with Crippen molar-refractivity contribution >= 4 is 28.4 Å². The molecule has 0 bridgehead atoms. The fourth-order valence-electron chi connectivity index (χ4n) is 10.2. The molecule has 0 spiro atoms. The summed E-state index contributed by atoms with van der Waals surface area (Å²) in [7, 11) is 0. The SMILES string of the molecule is CCCCc1ccc(N2c3cc4c(cc3C3c5c(cc(-c6ccccc6)cc52)-c2ccccc2N3c2ccccc2)-c2ccccc2C4(C)C)c(-c2ccccc2)c1. The van der Waals surface area contributed by atoms with Crippen molar-refractivity contribution in [3.05, 3.63) is 210 Å². The second kappa shape index (κ2) is 13.5. The molecule has 0 saturated carbocycles. The maximum atomic E-state index is 2.64. The Morgan fingerprint density at radius 1 is 0.466 bits per heavy atom. The maximum absolute atomic E-state index is 2.64. The van der Waals surface area contributed by atoms with Gasteiger partial charge < -0.3 is 9.80 Å². The van der Waals surface area contributed by atoms with Crippen molar-refractivity contribution in [3.63, 3.8) is 0 Å². The minimum Gasteiger partial charge on any atom is -0.329 e. The van der Waals surface area contributed by atoms with Gasteiger partial charge in [-0.2, -0.15) is 0 Å². The van der Waals surface area contributed by atoms with Gasteiger partial charge in [-0.25, -0.2) is 0 Å². The molecule has 2 heteroatoms. The third kappa shape index (κ3) is 5.24. The molecule has 8 aromatic carbocycles. The van der Waals surface area contributed by atoms with Crippen LogP contribution in [0, 0.1) is 0 Å². The second-order valence-electron chi connectivity index (χ2n) is 16.7. The number of benzene rings is 8. The molecular weight excluding hydrogens is 701 g/mol. The molecular formula is C56H46N2. The normalized spacial score (nSPS) is 15.3. The number of hydrogen-bond donors (Lipinski definition) is 0. The van der Waals surface area contributed by atoms with E-state index in [4.69, 9.17) is 0 Å². The first-order valence-electron chi connectivity index (χ1n) is 20.9. The molecule has 0 aromatic heterocycles. The van der Waals surface area contributed by atoms with Gasteiger partial charge in [-0.3, -0.25) is 0 Å². The summed E-state index contributed by atoms with van der Waals surface area (Å²) in [4.78, 5) is 5.25. The van der Waals surface area contributed by atoms with Gasteiger partial charge in [-0.05, 0) is 118 Å². The third-order valence-electron chi connectivity index (χ3n) is 13.0. The van der Waals surface area contributed by atoms with E-state index in [-0.39, 0.29) is 11.5 Å². The molecule has 1 unspecified atom stereocenters. The molecule has 0 amide bonds. The minimum atomic E-state index is -0.158. The topological polar surface area (TPSA) is 6.48 Å². The minimum absolute atomic E-state index is 0.0662. The third-order valence-corrected chi connectivity index (χ3v) is 13.0. The molecule has 280 valence electrons. The standard InChI is InChI=1S/C56H46N2/c1-4-5-19-37-30-31-51(44(32-37)39-22-11-7-12-23-39)58-52-36-49-45(42-26-15-17-28-48(42)56(49,2)3)35-47(52)55-54-46(33-40(34-53(54)58)38-20-9-6-10-21-38)43-27-16-18-29-50(43)57(55)41-24-13-8-14-25-41/h6-18,20-36,55H,4-5,19H2,1-3H3. The summed E-state index contributed by atoms with van der Waals surface area (Å²) in [6, 6.07) is 68.4. The quantitative estimate of drug-likeness (QED) is 0.160. The first-order valence-corrected chi connectivity index (χ1v) is 20.9. The number of para-hydroxylation sites is 2. The fraction of sp³-hybridized carbons (Fsp3) is 0.143. The Balaban J connectivity index is 1.29. The van der Waals surface area contributed by atoms with Crippen molar-refractivity contribution in [2.75, 3.05) is 9.80 Å². The van der Waals surface area contributed by atoms with Gasteiger partial charge in [0.1, 0.15) is 0 Å². The number of unbranched alkanes of at least 4 members (excludes halogenated alkanes) is 1. The summed E-state index contributed by atoms with van der Waals surface area (Å²) in [6.07, 6.45) is 3.41. The van der Waals surface area contributed by atoms with E-state index >= 15 is 0 Å². The summed E-state index contributed by atoms with van der Waals surface area (Å²) in [5, 5.41) is 0. The van der Waals surface area contributed by atoms with Crippen molar-refractivity contribution in [2.24, 2.45) is 0 Å². The van der Waals surface area contributed by atoms with Crippen molar-refractivity contribution < 1.29 is 0 Å². The van der Waals surface area contributed by atoms with Gasteiger partial charge in [0.2, 0.25) is 0 Å². The highest BCUT2D eigenvalue weighted by Crippen LogP contribution is 2.63. The molecule has 58 heavy (non-hydrogen) atoms. The van der Waals surface area contributed by atoms with E-state index in [0.29, 0.717) is 0 Å². The van der Waals surface area contributed by atoms with Crippen LogP contribution in [-0.4, -0.2) is 0 Å². The summed E-state index contributed by atoms with van der Waals surface area (Å²) in [5.41, 5.74) is 22.9. The Bertz CT molecular complexity index is 2850. The Labute approximate surface area is 342 Å². The van der Waals surface area contributed by atoms with Gasteiger partial charge in [0.05, 0.1) is 23.1 Å². The zero-order chi connectivity index (χ0) is 39.0. The summed E-state index contributed by atoms with van der Waals surface area (Å²) >= 11 is 0. The molecule has 0 N–H and O–H groups in total. The number of rotatable bonds is 7. The Morgan fingerprint density at radius 3 is 1.90 bits per heavy atom. The summed E-state index contributed by atoms with van der Waals surface area (Å²) < 4.78 is 0. The van der Waals surface area contributed by atoms with Crippen LogP contribution in [0.4, 0.5) is 28.4 Å². The van der Waals surface area contributed by atoms with Crippen molar-refractivity contribution in [2.45, 2.75) is 51.5 Å². The molecule has 11 rings (SSSR count). The van der Waals surface area contributed by atoms with Crippen molar-refractivity contribution in [3.8, 4) is 44.5 Å². The van der Waals surface area contributed by atoms with E-state index < -0.39 is 0 Å². The monoisotopic (exact) mass is 746 g/mol. The molecule has 1 atom stereocenters. The predicted octanol–water partition coefficient (Wildman–Crippen LogP) is 15.4. The number of aryl methyl sites for hydroxylation is 1.